The number of halogens is 1. The molecular formula is C17H14FNO3S. The molecule has 0 saturated carbocycles. The third-order valence-electron chi connectivity index (χ3n) is 3.83. The van der Waals surface area contributed by atoms with Crippen LogP contribution in [0, 0.1) is 5.82 Å². The van der Waals surface area contributed by atoms with Crippen LogP contribution in [-0.4, -0.2) is 21.8 Å². The molecule has 118 valence electrons. The number of amides is 1. The first kappa shape index (κ1) is 15.6. The number of benzene rings is 2. The summed E-state index contributed by atoms with van der Waals surface area (Å²) < 4.78 is 18.6. The molecule has 0 aromatic heterocycles. The molecule has 1 fully saturated rings. The smallest absolute Gasteiger partial charge is 0.281 e. The van der Waals surface area contributed by atoms with Gasteiger partial charge in [0.2, 0.25) is 5.60 Å². The molecule has 3 rings (SSSR count). The summed E-state index contributed by atoms with van der Waals surface area (Å²) >= 11 is 5.13. The Morgan fingerprint density at radius 1 is 1.17 bits per heavy atom. The van der Waals surface area contributed by atoms with Crippen LogP contribution in [0.4, 0.5) is 10.1 Å². The number of carbonyl (C=O) groups excluding carboxylic acids is 1. The van der Waals surface area contributed by atoms with E-state index in [1.165, 1.54) is 36.1 Å². The van der Waals surface area contributed by atoms with Crippen molar-refractivity contribution >= 4 is 29.0 Å². The van der Waals surface area contributed by atoms with Crippen molar-refractivity contribution in [3.63, 3.8) is 0 Å². The first-order chi connectivity index (χ1) is 10.9. The third kappa shape index (κ3) is 2.60. The van der Waals surface area contributed by atoms with Gasteiger partial charge in [0.15, 0.2) is 0 Å². The highest BCUT2D eigenvalue weighted by Crippen LogP contribution is 2.38. The largest absolute Gasteiger partial charge is 0.451 e. The Kier molecular flexibility index (Phi) is 3.87. The molecule has 1 aliphatic heterocycles. The SMILES string of the molecule is C[C@]1([C@@H](O)c2ccccc2)OC(=S)N(c2ccc(F)cc2)C1=O. The normalized spacial score (nSPS) is 22.1. The van der Waals surface area contributed by atoms with Crippen LogP contribution in [0.3, 0.4) is 0 Å². The number of rotatable bonds is 3. The molecule has 2 aromatic rings. The summed E-state index contributed by atoms with van der Waals surface area (Å²) in [7, 11) is 0. The third-order valence-corrected chi connectivity index (χ3v) is 4.10. The molecule has 0 radical (unpaired) electrons. The lowest BCUT2D eigenvalue weighted by atomic mass is 9.92. The van der Waals surface area contributed by atoms with Crippen molar-refractivity contribution in [2.75, 3.05) is 4.90 Å². The maximum atomic E-state index is 13.1. The Morgan fingerprint density at radius 2 is 1.78 bits per heavy atom. The zero-order valence-corrected chi connectivity index (χ0v) is 13.1. The van der Waals surface area contributed by atoms with Gasteiger partial charge < -0.3 is 9.84 Å². The first-order valence-corrected chi connectivity index (χ1v) is 7.40. The van der Waals surface area contributed by atoms with Crippen molar-refractivity contribution in [2.45, 2.75) is 18.6 Å². The molecule has 1 heterocycles. The summed E-state index contributed by atoms with van der Waals surface area (Å²) in [4.78, 5) is 14.0. The highest BCUT2D eigenvalue weighted by Gasteiger charge is 2.54. The van der Waals surface area contributed by atoms with Crippen molar-refractivity contribution < 1.29 is 19.0 Å². The van der Waals surface area contributed by atoms with Gasteiger partial charge in [-0.15, -0.1) is 0 Å². The van der Waals surface area contributed by atoms with Crippen molar-refractivity contribution in [3.05, 3.63) is 66.0 Å². The number of carbonyl (C=O) groups is 1. The molecule has 23 heavy (non-hydrogen) atoms. The Bertz CT molecular complexity index is 750. The van der Waals surface area contributed by atoms with E-state index in [1.54, 1.807) is 24.3 Å². The summed E-state index contributed by atoms with van der Waals surface area (Å²) in [5.41, 5.74) is -0.593. The van der Waals surface area contributed by atoms with E-state index in [9.17, 15) is 14.3 Å². The molecule has 0 bridgehead atoms. The molecule has 4 nitrogen and oxygen atoms in total. The summed E-state index contributed by atoms with van der Waals surface area (Å²) in [6.07, 6.45) is -1.18. The summed E-state index contributed by atoms with van der Waals surface area (Å²) in [5.74, 6) is -0.912. The molecule has 0 aliphatic carbocycles. The number of hydrogen-bond acceptors (Lipinski definition) is 4. The van der Waals surface area contributed by atoms with Gasteiger partial charge in [-0.05, 0) is 49.0 Å². The fraction of sp³-hybridized carbons (Fsp3) is 0.176. The van der Waals surface area contributed by atoms with Gasteiger partial charge in [-0.2, -0.15) is 0 Å². The molecule has 1 N–H and O–H groups in total. The highest BCUT2D eigenvalue weighted by atomic mass is 32.1. The number of anilines is 1. The van der Waals surface area contributed by atoms with E-state index in [2.05, 4.69) is 0 Å². The van der Waals surface area contributed by atoms with Gasteiger partial charge in [0.25, 0.3) is 11.1 Å². The molecule has 0 unspecified atom stereocenters. The lowest BCUT2D eigenvalue weighted by Gasteiger charge is -2.26. The molecule has 1 aliphatic rings. The van der Waals surface area contributed by atoms with Crippen LogP contribution in [0.25, 0.3) is 0 Å². The van der Waals surface area contributed by atoms with E-state index >= 15 is 0 Å². The van der Waals surface area contributed by atoms with Gasteiger partial charge in [-0.3, -0.25) is 4.79 Å². The van der Waals surface area contributed by atoms with Gasteiger partial charge in [-0.25, -0.2) is 9.29 Å². The molecule has 1 amide bonds. The number of aliphatic hydroxyl groups is 1. The van der Waals surface area contributed by atoms with Crippen LogP contribution < -0.4 is 4.90 Å². The molecular weight excluding hydrogens is 317 g/mol. The number of nitrogens with zero attached hydrogens (tertiary/aromatic N) is 1. The summed E-state index contributed by atoms with van der Waals surface area (Å²) in [6, 6.07) is 14.1. The van der Waals surface area contributed by atoms with Crippen molar-refractivity contribution in [1.29, 1.82) is 0 Å². The van der Waals surface area contributed by atoms with E-state index in [0.717, 1.165) is 0 Å². The van der Waals surface area contributed by atoms with Crippen LogP contribution in [0.2, 0.25) is 0 Å². The molecule has 6 heteroatoms. The maximum Gasteiger partial charge on any atom is 0.281 e. The minimum absolute atomic E-state index is 0.0703. The average Bonchev–Trinajstić information content (AvgIpc) is 2.79. The lowest BCUT2D eigenvalue weighted by Crippen LogP contribution is -2.43. The number of hydrogen-bond donors (Lipinski definition) is 1. The summed E-state index contributed by atoms with van der Waals surface area (Å²) in [6.45, 7) is 1.49. The fourth-order valence-electron chi connectivity index (χ4n) is 2.51. The molecule has 1 saturated heterocycles. The van der Waals surface area contributed by atoms with Crippen molar-refractivity contribution in [3.8, 4) is 0 Å². The second-order valence-electron chi connectivity index (χ2n) is 5.41. The van der Waals surface area contributed by atoms with Gasteiger partial charge in [-0.1, -0.05) is 30.3 Å². The second kappa shape index (κ2) is 5.72. The van der Waals surface area contributed by atoms with Crippen molar-refractivity contribution in [2.24, 2.45) is 0 Å². The zero-order chi connectivity index (χ0) is 16.6. The fourth-order valence-corrected chi connectivity index (χ4v) is 2.88. The van der Waals surface area contributed by atoms with E-state index in [1.807, 2.05) is 6.07 Å². The molecule has 0 spiro atoms. The van der Waals surface area contributed by atoms with Gasteiger partial charge in [0, 0.05) is 0 Å². The average molecular weight is 331 g/mol. The summed E-state index contributed by atoms with van der Waals surface area (Å²) in [5, 5.41) is 10.5. The predicted octanol–water partition coefficient (Wildman–Crippen LogP) is 2.97. The Balaban J connectivity index is 1.95. The van der Waals surface area contributed by atoms with Crippen LogP contribution >= 0.6 is 12.2 Å². The van der Waals surface area contributed by atoms with Gasteiger partial charge in [0.05, 0.1) is 5.69 Å². The second-order valence-corrected chi connectivity index (χ2v) is 5.75. The standard InChI is InChI=1S/C17H14FNO3S/c1-17(14(20)11-5-3-2-4-6-11)15(21)19(16(23)22-17)13-9-7-12(18)8-10-13/h2-10,14,20H,1H3/t14-,17+/m0/s1. The van der Waals surface area contributed by atoms with Crippen LogP contribution in [0.1, 0.15) is 18.6 Å². The number of thiocarbonyl (C=S) groups is 1. The minimum Gasteiger partial charge on any atom is -0.451 e. The van der Waals surface area contributed by atoms with Crippen LogP contribution in [-0.2, 0) is 9.53 Å². The first-order valence-electron chi connectivity index (χ1n) is 6.99. The van der Waals surface area contributed by atoms with E-state index in [0.29, 0.717) is 11.3 Å². The Morgan fingerprint density at radius 3 is 2.39 bits per heavy atom. The Labute approximate surface area is 138 Å². The van der Waals surface area contributed by atoms with Gasteiger partial charge >= 0.3 is 0 Å². The quantitative estimate of drug-likeness (QED) is 0.879. The van der Waals surface area contributed by atoms with E-state index in [4.69, 9.17) is 17.0 Å². The molecule has 2 aromatic carbocycles. The monoisotopic (exact) mass is 331 g/mol. The topological polar surface area (TPSA) is 49.8 Å². The van der Waals surface area contributed by atoms with Crippen molar-refractivity contribution in [1.82, 2.24) is 0 Å². The zero-order valence-electron chi connectivity index (χ0n) is 12.3. The number of aliphatic hydroxyl groups excluding tert-OH is 1. The van der Waals surface area contributed by atoms with E-state index in [-0.39, 0.29) is 5.17 Å². The maximum absolute atomic E-state index is 13.1. The Hall–Kier alpha value is -2.31. The van der Waals surface area contributed by atoms with Crippen LogP contribution in [0.15, 0.2) is 54.6 Å². The highest BCUT2D eigenvalue weighted by molar-refractivity contribution is 7.80. The van der Waals surface area contributed by atoms with Gasteiger partial charge in [0.1, 0.15) is 11.9 Å². The number of ether oxygens (including phenoxy) is 1. The minimum atomic E-state index is -1.53. The van der Waals surface area contributed by atoms with Crippen LogP contribution in [0.5, 0.6) is 0 Å². The predicted molar refractivity (Wildman–Crippen MR) is 87.4 cm³/mol. The van der Waals surface area contributed by atoms with E-state index < -0.39 is 23.4 Å². The lowest BCUT2D eigenvalue weighted by molar-refractivity contribution is -0.137. The molecule has 2 atom stereocenters.